The van der Waals surface area contributed by atoms with Gasteiger partial charge in [-0.1, -0.05) is 18.8 Å². The van der Waals surface area contributed by atoms with Crippen LogP contribution in [0.1, 0.15) is 32.3 Å². The number of rotatable bonds is 4. The fourth-order valence-corrected chi connectivity index (χ4v) is 1.29. The average Bonchev–Trinajstić information content (AvgIpc) is 2.32. The Balaban J connectivity index is 2.76. The largest absolute Gasteiger partial charge is 0.491 e. The smallest absolute Gasteiger partial charge is 0.142 e. The summed E-state index contributed by atoms with van der Waals surface area (Å²) in [6.07, 6.45) is 1.54. The normalized spacial score (nSPS) is 11.5. The summed E-state index contributed by atoms with van der Waals surface area (Å²) in [7, 11) is 0. The van der Waals surface area contributed by atoms with Crippen LogP contribution in [0.2, 0.25) is 0 Å². The molecule has 3 heteroatoms. The minimum absolute atomic E-state index is 0.0857. The number of alkyl halides is 1. The zero-order valence-electron chi connectivity index (χ0n) is 10.1. The molecule has 0 aliphatic carbocycles. The molecule has 0 saturated heterocycles. The predicted octanol–water partition coefficient (Wildman–Crippen LogP) is 3.98. The molecule has 0 aliphatic heterocycles. The molecule has 1 rings (SSSR count). The highest BCUT2D eigenvalue weighted by atomic mass is 35.5. The number of halogens is 2. The van der Waals surface area contributed by atoms with E-state index in [2.05, 4.69) is 11.8 Å². The highest BCUT2D eigenvalue weighted by Gasteiger charge is 2.05. The highest BCUT2D eigenvalue weighted by Crippen LogP contribution is 2.18. The number of benzene rings is 1. The van der Waals surface area contributed by atoms with Gasteiger partial charge in [-0.05, 0) is 25.5 Å². The molecule has 0 spiro atoms. The van der Waals surface area contributed by atoms with E-state index in [1.54, 1.807) is 12.1 Å². The van der Waals surface area contributed by atoms with Crippen LogP contribution in [0, 0.1) is 17.7 Å². The van der Waals surface area contributed by atoms with Gasteiger partial charge < -0.3 is 4.74 Å². The third kappa shape index (κ3) is 4.66. The van der Waals surface area contributed by atoms with Crippen LogP contribution in [-0.2, 0) is 0 Å². The van der Waals surface area contributed by atoms with Crippen LogP contribution in [0.25, 0.3) is 0 Å². The van der Waals surface area contributed by atoms with E-state index in [0.29, 0.717) is 23.6 Å². The van der Waals surface area contributed by atoms with Gasteiger partial charge in [0.2, 0.25) is 0 Å². The van der Waals surface area contributed by atoms with Gasteiger partial charge in [0.25, 0.3) is 0 Å². The predicted molar refractivity (Wildman–Crippen MR) is 69.0 cm³/mol. The van der Waals surface area contributed by atoms with E-state index in [0.717, 1.165) is 6.42 Å². The van der Waals surface area contributed by atoms with Gasteiger partial charge in [0, 0.05) is 18.4 Å². The molecule has 92 valence electrons. The zero-order valence-corrected chi connectivity index (χ0v) is 10.9. The lowest BCUT2D eigenvalue weighted by Gasteiger charge is -2.12. The highest BCUT2D eigenvalue weighted by molar-refractivity contribution is 6.18. The van der Waals surface area contributed by atoms with Crippen molar-refractivity contribution in [2.45, 2.75) is 32.8 Å². The third-order valence-electron chi connectivity index (χ3n) is 2.30. The molecule has 1 atom stereocenters. The van der Waals surface area contributed by atoms with Crippen molar-refractivity contribution in [2.24, 2.45) is 0 Å². The van der Waals surface area contributed by atoms with Crippen LogP contribution in [0.4, 0.5) is 4.39 Å². The first kappa shape index (κ1) is 13.9. The third-order valence-corrected chi connectivity index (χ3v) is 2.48. The van der Waals surface area contributed by atoms with E-state index in [1.165, 1.54) is 6.07 Å². The molecule has 1 unspecified atom stereocenters. The molecule has 1 nitrogen and oxygen atoms in total. The topological polar surface area (TPSA) is 9.23 Å². The van der Waals surface area contributed by atoms with Gasteiger partial charge in [-0.3, -0.25) is 0 Å². The maximum atomic E-state index is 13.6. The molecule has 0 saturated carbocycles. The minimum atomic E-state index is -0.354. The first-order valence-electron chi connectivity index (χ1n) is 5.68. The molecular weight excluding hydrogens is 239 g/mol. The molecule has 1 aromatic rings. The molecule has 1 aromatic carbocycles. The van der Waals surface area contributed by atoms with Crippen molar-refractivity contribution in [2.75, 3.05) is 5.88 Å². The van der Waals surface area contributed by atoms with Crippen molar-refractivity contribution in [3.63, 3.8) is 0 Å². The summed E-state index contributed by atoms with van der Waals surface area (Å²) in [5.74, 6) is 6.19. The Hall–Kier alpha value is -1.20. The second-order valence-electron chi connectivity index (χ2n) is 3.72. The Labute approximate surface area is 107 Å². The Kier molecular flexibility index (Phi) is 5.86. The lowest BCUT2D eigenvalue weighted by molar-refractivity contribution is 0.216. The Morgan fingerprint density at radius 1 is 1.47 bits per heavy atom. The number of ether oxygens (including phenoxy) is 1. The van der Waals surface area contributed by atoms with Gasteiger partial charge >= 0.3 is 0 Å². The van der Waals surface area contributed by atoms with Crippen molar-refractivity contribution in [3.8, 4) is 17.6 Å². The number of hydrogen-bond acceptors (Lipinski definition) is 1. The van der Waals surface area contributed by atoms with Crippen LogP contribution in [0.15, 0.2) is 18.2 Å². The molecule has 0 bridgehead atoms. The van der Waals surface area contributed by atoms with Gasteiger partial charge in [0.1, 0.15) is 11.6 Å². The van der Waals surface area contributed by atoms with Gasteiger partial charge in [-0.2, -0.15) is 0 Å². The first-order chi connectivity index (χ1) is 8.17. The fourth-order valence-electron chi connectivity index (χ4n) is 1.19. The molecule has 0 heterocycles. The Morgan fingerprint density at radius 2 is 2.24 bits per heavy atom. The molecule has 0 aliphatic rings. The lowest BCUT2D eigenvalue weighted by atomic mass is 10.2. The average molecular weight is 255 g/mol. The standard InChI is InChI=1S/C14H16ClFO/c1-3-11(2)17-13-8-7-12(14(16)10-13)6-4-5-9-15/h7-8,10-11H,3,5,9H2,1-2H3. The van der Waals surface area contributed by atoms with Crippen molar-refractivity contribution in [1.29, 1.82) is 0 Å². The first-order valence-corrected chi connectivity index (χ1v) is 6.21. The van der Waals surface area contributed by atoms with Crippen molar-refractivity contribution in [3.05, 3.63) is 29.6 Å². The van der Waals surface area contributed by atoms with Gasteiger partial charge in [-0.25, -0.2) is 4.39 Å². The second kappa shape index (κ2) is 7.19. The minimum Gasteiger partial charge on any atom is -0.491 e. The lowest BCUT2D eigenvalue weighted by Crippen LogP contribution is -2.09. The summed E-state index contributed by atoms with van der Waals surface area (Å²) < 4.78 is 19.1. The van der Waals surface area contributed by atoms with Gasteiger partial charge in [-0.15, -0.1) is 11.6 Å². The van der Waals surface area contributed by atoms with Crippen LogP contribution < -0.4 is 4.74 Å². The summed E-state index contributed by atoms with van der Waals surface area (Å²) in [6, 6.07) is 4.74. The monoisotopic (exact) mass is 254 g/mol. The fraction of sp³-hybridized carbons (Fsp3) is 0.429. The maximum absolute atomic E-state index is 13.6. The van der Waals surface area contributed by atoms with E-state index < -0.39 is 0 Å². The second-order valence-corrected chi connectivity index (χ2v) is 4.10. The maximum Gasteiger partial charge on any atom is 0.142 e. The van der Waals surface area contributed by atoms with Crippen molar-refractivity contribution < 1.29 is 9.13 Å². The summed E-state index contributed by atoms with van der Waals surface area (Å²) in [5, 5.41) is 0. The van der Waals surface area contributed by atoms with Gasteiger partial charge in [0.15, 0.2) is 0 Å². The Bertz CT molecular complexity index is 420. The zero-order chi connectivity index (χ0) is 12.7. The van der Waals surface area contributed by atoms with Crippen molar-refractivity contribution >= 4 is 11.6 Å². The summed E-state index contributed by atoms with van der Waals surface area (Å²) in [5.41, 5.74) is 0.381. The van der Waals surface area contributed by atoms with E-state index in [4.69, 9.17) is 16.3 Å². The molecular formula is C14H16ClFO. The number of hydrogen-bond donors (Lipinski definition) is 0. The summed E-state index contributed by atoms with van der Waals surface area (Å²) in [4.78, 5) is 0. The van der Waals surface area contributed by atoms with Gasteiger partial charge in [0.05, 0.1) is 11.7 Å². The SMILES string of the molecule is CCC(C)Oc1ccc(C#CCCCl)c(F)c1. The van der Waals surface area contributed by atoms with E-state index in [9.17, 15) is 4.39 Å². The molecule has 0 fully saturated rings. The molecule has 0 amide bonds. The van der Waals surface area contributed by atoms with E-state index >= 15 is 0 Å². The molecule has 17 heavy (non-hydrogen) atoms. The molecule has 0 N–H and O–H groups in total. The van der Waals surface area contributed by atoms with Crippen LogP contribution in [-0.4, -0.2) is 12.0 Å². The van der Waals surface area contributed by atoms with Crippen LogP contribution in [0.5, 0.6) is 5.75 Å². The van der Waals surface area contributed by atoms with Crippen molar-refractivity contribution in [1.82, 2.24) is 0 Å². The Morgan fingerprint density at radius 3 is 2.82 bits per heavy atom. The summed E-state index contributed by atoms with van der Waals surface area (Å²) >= 11 is 5.49. The van der Waals surface area contributed by atoms with E-state index in [-0.39, 0.29) is 11.9 Å². The summed E-state index contributed by atoms with van der Waals surface area (Å²) in [6.45, 7) is 3.97. The van der Waals surface area contributed by atoms with Crippen LogP contribution in [0.3, 0.4) is 0 Å². The van der Waals surface area contributed by atoms with E-state index in [1.807, 2.05) is 13.8 Å². The van der Waals surface area contributed by atoms with Crippen LogP contribution >= 0.6 is 11.6 Å². The molecule has 0 radical (unpaired) electrons. The quantitative estimate of drug-likeness (QED) is 0.583. The molecule has 0 aromatic heterocycles.